The molecule has 1 aliphatic rings. The number of rotatable bonds is 6. The van der Waals surface area contributed by atoms with Gasteiger partial charge in [-0.1, -0.05) is 18.5 Å². The van der Waals surface area contributed by atoms with E-state index in [1.54, 1.807) is 25.6 Å². The Morgan fingerprint density at radius 2 is 1.97 bits per heavy atom. The van der Waals surface area contributed by atoms with Gasteiger partial charge in [0.2, 0.25) is 5.88 Å². The van der Waals surface area contributed by atoms with Crippen molar-refractivity contribution in [2.24, 2.45) is 0 Å². The van der Waals surface area contributed by atoms with Crippen LogP contribution in [0.4, 0.5) is 5.82 Å². The molecular formula is C23H19ClN6O2S. The minimum absolute atomic E-state index is 0.387. The van der Waals surface area contributed by atoms with Gasteiger partial charge in [0.05, 0.1) is 41.3 Å². The number of aromatic nitrogens is 5. The summed E-state index contributed by atoms with van der Waals surface area (Å²) in [5, 5.41) is 1.99. The van der Waals surface area contributed by atoms with E-state index in [0.717, 1.165) is 39.0 Å². The van der Waals surface area contributed by atoms with Crippen molar-refractivity contribution in [3.05, 3.63) is 59.8 Å². The maximum atomic E-state index is 6.68. The van der Waals surface area contributed by atoms with E-state index in [9.17, 15) is 0 Å². The van der Waals surface area contributed by atoms with E-state index in [0.29, 0.717) is 39.8 Å². The summed E-state index contributed by atoms with van der Waals surface area (Å²) in [4.78, 5) is 22.9. The predicted molar refractivity (Wildman–Crippen MR) is 128 cm³/mol. The van der Waals surface area contributed by atoms with Crippen molar-refractivity contribution in [1.29, 1.82) is 0 Å². The number of methoxy groups -OCH3 is 1. The quantitative estimate of drug-likeness (QED) is 0.371. The number of hydrogen-bond donors (Lipinski definition) is 1. The normalized spacial score (nSPS) is 12.8. The zero-order chi connectivity index (χ0) is 22.9. The van der Waals surface area contributed by atoms with E-state index >= 15 is 0 Å². The van der Waals surface area contributed by atoms with Crippen LogP contribution in [0.1, 0.15) is 24.6 Å². The first-order chi connectivity index (χ1) is 16.1. The third-order valence-corrected chi connectivity index (χ3v) is 6.57. The minimum atomic E-state index is 0.387. The Labute approximate surface area is 199 Å². The van der Waals surface area contributed by atoms with Crippen molar-refractivity contribution in [3.8, 4) is 17.4 Å². The van der Waals surface area contributed by atoms with Crippen LogP contribution in [0.5, 0.6) is 17.4 Å². The Morgan fingerprint density at radius 3 is 2.79 bits per heavy atom. The van der Waals surface area contributed by atoms with Crippen LogP contribution >= 0.6 is 23.4 Å². The first kappa shape index (κ1) is 21.4. The predicted octanol–water partition coefficient (Wildman–Crippen LogP) is 5.27. The molecule has 33 heavy (non-hydrogen) atoms. The molecule has 0 bridgehead atoms. The lowest BCUT2D eigenvalue weighted by atomic mass is 10.2. The number of ether oxygens (including phenoxy) is 2. The Hall–Kier alpha value is -3.43. The smallest absolute Gasteiger partial charge is 0.232 e. The number of nitrogen functional groups attached to an aromatic ring is 1. The van der Waals surface area contributed by atoms with Crippen molar-refractivity contribution in [2.45, 2.75) is 29.8 Å². The number of anilines is 1. The van der Waals surface area contributed by atoms with Crippen LogP contribution in [0.3, 0.4) is 0 Å². The van der Waals surface area contributed by atoms with Gasteiger partial charge in [0.15, 0.2) is 10.9 Å². The van der Waals surface area contributed by atoms with Gasteiger partial charge in [-0.05, 0) is 42.0 Å². The number of allylic oxidation sites excluding steroid dienone is 1. The third-order valence-electron chi connectivity index (χ3n) is 5.25. The molecule has 3 heterocycles. The molecule has 1 aromatic carbocycles. The Balaban J connectivity index is 1.54. The topological polar surface area (TPSA) is 109 Å². The number of hydrogen-bond acceptors (Lipinski definition) is 9. The second-order valence-electron chi connectivity index (χ2n) is 7.28. The number of nitrogens with two attached hydrogens (primary N) is 1. The zero-order valence-corrected chi connectivity index (χ0v) is 19.4. The number of halogens is 1. The van der Waals surface area contributed by atoms with Crippen LogP contribution in [0.2, 0.25) is 0 Å². The van der Waals surface area contributed by atoms with Crippen molar-refractivity contribution in [2.75, 3.05) is 12.8 Å². The zero-order valence-electron chi connectivity index (χ0n) is 17.9. The lowest BCUT2D eigenvalue weighted by Crippen LogP contribution is -2.01. The van der Waals surface area contributed by atoms with Crippen molar-refractivity contribution in [3.63, 3.8) is 0 Å². The van der Waals surface area contributed by atoms with E-state index < -0.39 is 0 Å². The minimum Gasteiger partial charge on any atom is -0.495 e. The summed E-state index contributed by atoms with van der Waals surface area (Å²) >= 11 is 8.09. The molecule has 2 N–H and O–H groups in total. The summed E-state index contributed by atoms with van der Waals surface area (Å²) in [5.41, 5.74) is 9.37. The molecule has 166 valence electrons. The van der Waals surface area contributed by atoms with Crippen LogP contribution in [-0.4, -0.2) is 32.0 Å². The van der Waals surface area contributed by atoms with Crippen LogP contribution in [0.15, 0.2) is 58.6 Å². The third kappa shape index (κ3) is 4.17. The van der Waals surface area contributed by atoms with Gasteiger partial charge in [-0.2, -0.15) is 4.98 Å². The molecule has 0 spiro atoms. The molecule has 5 rings (SSSR count). The van der Waals surface area contributed by atoms with E-state index in [1.165, 1.54) is 18.1 Å². The van der Waals surface area contributed by atoms with Crippen molar-refractivity contribution < 1.29 is 9.47 Å². The average molecular weight is 479 g/mol. The summed E-state index contributed by atoms with van der Waals surface area (Å²) < 4.78 is 11.4. The largest absolute Gasteiger partial charge is 0.495 e. The molecule has 3 aromatic heterocycles. The SMILES string of the molecule is CCC1=C(Cl)c2c(nc(Sc3ccc4c(N)ncnc4c3)nc2Oc2cncc(OC)c2)C1. The summed E-state index contributed by atoms with van der Waals surface area (Å²) in [6.07, 6.45) is 6.14. The first-order valence-electron chi connectivity index (χ1n) is 10.2. The standard InChI is InChI=1S/C23H19ClN6O2S/c1-3-12-6-18-19(20(12)24)22(32-14-7-13(31-2)9-26-10-14)30-23(29-18)33-15-4-5-16-17(8-15)27-11-28-21(16)25/h4-5,7-11H,3,6H2,1-2H3,(H2,25,27,28). The van der Waals surface area contributed by atoms with E-state index in [4.69, 9.17) is 36.8 Å². The van der Waals surface area contributed by atoms with E-state index in [-0.39, 0.29) is 0 Å². The lowest BCUT2D eigenvalue weighted by molar-refractivity contribution is 0.403. The molecule has 0 saturated heterocycles. The van der Waals surface area contributed by atoms with Gasteiger partial charge in [0.25, 0.3) is 0 Å². The average Bonchev–Trinajstić information content (AvgIpc) is 3.15. The molecule has 0 unspecified atom stereocenters. The molecule has 0 amide bonds. The van der Waals surface area contributed by atoms with E-state index in [1.807, 2.05) is 18.2 Å². The second kappa shape index (κ2) is 8.84. The molecular weight excluding hydrogens is 460 g/mol. The van der Waals surface area contributed by atoms with Gasteiger partial charge in [0, 0.05) is 22.8 Å². The maximum absolute atomic E-state index is 6.68. The van der Waals surface area contributed by atoms with Crippen LogP contribution in [0, 0.1) is 0 Å². The molecule has 10 heteroatoms. The van der Waals surface area contributed by atoms with Gasteiger partial charge in [0.1, 0.15) is 17.9 Å². The van der Waals surface area contributed by atoms with E-state index in [2.05, 4.69) is 21.9 Å². The molecule has 0 fully saturated rings. The first-order valence-corrected chi connectivity index (χ1v) is 11.4. The summed E-state index contributed by atoms with van der Waals surface area (Å²) in [5.74, 6) is 1.92. The van der Waals surface area contributed by atoms with Gasteiger partial charge in [-0.15, -0.1) is 0 Å². The van der Waals surface area contributed by atoms with Gasteiger partial charge in [-0.25, -0.2) is 15.0 Å². The van der Waals surface area contributed by atoms with Crippen molar-refractivity contribution >= 4 is 45.1 Å². The maximum Gasteiger partial charge on any atom is 0.232 e. The summed E-state index contributed by atoms with van der Waals surface area (Å²) in [6.45, 7) is 2.07. The van der Waals surface area contributed by atoms with Crippen LogP contribution in [0.25, 0.3) is 15.9 Å². The number of fused-ring (bicyclic) bond motifs is 2. The number of pyridine rings is 1. The fourth-order valence-corrected chi connectivity index (χ4v) is 4.76. The molecule has 0 aliphatic heterocycles. The fourth-order valence-electron chi connectivity index (χ4n) is 3.57. The molecule has 8 nitrogen and oxygen atoms in total. The molecule has 0 saturated carbocycles. The lowest BCUT2D eigenvalue weighted by Gasteiger charge is -2.12. The number of nitrogens with zero attached hydrogens (tertiary/aromatic N) is 5. The number of benzene rings is 1. The van der Waals surface area contributed by atoms with Crippen molar-refractivity contribution in [1.82, 2.24) is 24.9 Å². The molecule has 0 radical (unpaired) electrons. The molecule has 4 aromatic rings. The highest BCUT2D eigenvalue weighted by molar-refractivity contribution is 7.99. The second-order valence-corrected chi connectivity index (χ2v) is 8.70. The summed E-state index contributed by atoms with van der Waals surface area (Å²) in [6, 6.07) is 7.52. The fraction of sp³-hybridized carbons (Fsp3) is 0.174. The molecule has 1 aliphatic carbocycles. The van der Waals surface area contributed by atoms with Gasteiger partial charge < -0.3 is 15.2 Å². The summed E-state index contributed by atoms with van der Waals surface area (Å²) in [7, 11) is 1.58. The highest BCUT2D eigenvalue weighted by atomic mass is 35.5. The Bertz CT molecular complexity index is 1410. The van der Waals surface area contributed by atoms with Gasteiger partial charge >= 0.3 is 0 Å². The highest BCUT2D eigenvalue weighted by Gasteiger charge is 2.27. The Kier molecular flexibility index (Phi) is 5.74. The monoisotopic (exact) mass is 478 g/mol. The Morgan fingerprint density at radius 1 is 1.12 bits per heavy atom. The van der Waals surface area contributed by atoms with Crippen LogP contribution < -0.4 is 15.2 Å². The van der Waals surface area contributed by atoms with Crippen LogP contribution in [-0.2, 0) is 6.42 Å². The molecule has 0 atom stereocenters. The highest BCUT2D eigenvalue weighted by Crippen LogP contribution is 2.43. The van der Waals surface area contributed by atoms with Gasteiger partial charge in [-0.3, -0.25) is 4.98 Å².